The second-order valence-corrected chi connectivity index (χ2v) is 6.08. The Bertz CT molecular complexity index is 375. The van der Waals surface area contributed by atoms with E-state index in [9.17, 15) is 8.78 Å². The number of hydrogen-bond acceptors (Lipinski definition) is 2. The van der Waals surface area contributed by atoms with Crippen molar-refractivity contribution in [2.24, 2.45) is 5.41 Å². The summed E-state index contributed by atoms with van der Waals surface area (Å²) in [5.41, 5.74) is 0.0314. The molecule has 0 spiro atoms. The first-order valence-electron chi connectivity index (χ1n) is 6.52. The Morgan fingerprint density at radius 2 is 1.63 bits per heavy atom. The number of rotatable bonds is 7. The van der Waals surface area contributed by atoms with Crippen molar-refractivity contribution >= 4 is 0 Å². The lowest BCUT2D eigenvalue weighted by Crippen LogP contribution is -2.41. The molecule has 0 saturated heterocycles. The van der Waals surface area contributed by atoms with Crippen LogP contribution in [0.15, 0.2) is 30.3 Å². The summed E-state index contributed by atoms with van der Waals surface area (Å²) in [4.78, 5) is 2.07. The van der Waals surface area contributed by atoms with Gasteiger partial charge in [-0.2, -0.15) is 8.78 Å². The van der Waals surface area contributed by atoms with E-state index in [4.69, 9.17) is 0 Å². The van der Waals surface area contributed by atoms with Crippen molar-refractivity contribution in [2.75, 3.05) is 33.7 Å². The van der Waals surface area contributed by atoms with Gasteiger partial charge in [0.05, 0.1) is 6.54 Å². The second-order valence-electron chi connectivity index (χ2n) is 6.08. The minimum absolute atomic E-state index is 0.0315. The van der Waals surface area contributed by atoms with Crippen molar-refractivity contribution in [1.82, 2.24) is 10.2 Å². The Morgan fingerprint density at radius 3 is 2.16 bits per heavy atom. The van der Waals surface area contributed by atoms with Gasteiger partial charge in [-0.1, -0.05) is 44.2 Å². The van der Waals surface area contributed by atoms with Gasteiger partial charge in [-0.25, -0.2) is 0 Å². The first kappa shape index (κ1) is 16.1. The molecule has 1 N–H and O–H groups in total. The Kier molecular flexibility index (Phi) is 5.44. The maximum Gasteiger partial charge on any atom is 0.285 e. The fourth-order valence-corrected chi connectivity index (χ4v) is 2.25. The van der Waals surface area contributed by atoms with Gasteiger partial charge in [-0.15, -0.1) is 0 Å². The number of halogens is 2. The van der Waals surface area contributed by atoms with Gasteiger partial charge in [-0.05, 0) is 19.5 Å². The standard InChI is InChI=1S/C15H24F2N2/c1-14(2,12-19(3)4)10-18-11-15(16,17)13-8-6-5-7-9-13/h5-9,18H,10-12H2,1-4H3. The van der Waals surface area contributed by atoms with Crippen molar-refractivity contribution in [1.29, 1.82) is 0 Å². The Balaban J connectivity index is 2.48. The SMILES string of the molecule is CN(C)CC(C)(C)CNCC(F)(F)c1ccccc1. The first-order chi connectivity index (χ1) is 8.73. The van der Waals surface area contributed by atoms with Crippen LogP contribution < -0.4 is 5.32 Å². The van der Waals surface area contributed by atoms with Crippen molar-refractivity contribution < 1.29 is 8.78 Å². The van der Waals surface area contributed by atoms with Crippen molar-refractivity contribution in [3.05, 3.63) is 35.9 Å². The third kappa shape index (κ3) is 5.66. The fraction of sp³-hybridized carbons (Fsp3) is 0.600. The average Bonchev–Trinajstić information content (AvgIpc) is 2.27. The van der Waals surface area contributed by atoms with E-state index in [1.165, 1.54) is 12.1 Å². The number of benzene rings is 1. The minimum atomic E-state index is -2.82. The summed E-state index contributed by atoms with van der Waals surface area (Å²) in [6.07, 6.45) is 0. The number of nitrogens with zero attached hydrogens (tertiary/aromatic N) is 1. The van der Waals surface area contributed by atoms with E-state index in [1.54, 1.807) is 18.2 Å². The highest BCUT2D eigenvalue weighted by molar-refractivity contribution is 5.20. The van der Waals surface area contributed by atoms with Gasteiger partial charge in [0.2, 0.25) is 0 Å². The summed E-state index contributed by atoms with van der Waals surface area (Å²) in [5, 5.41) is 2.89. The van der Waals surface area contributed by atoms with Crippen LogP contribution in [0, 0.1) is 5.41 Å². The molecule has 4 heteroatoms. The molecule has 0 radical (unpaired) electrons. The zero-order valence-corrected chi connectivity index (χ0v) is 12.2. The predicted octanol–water partition coefficient (Wildman–Crippen LogP) is 2.96. The van der Waals surface area contributed by atoms with Crippen LogP contribution in [-0.2, 0) is 5.92 Å². The van der Waals surface area contributed by atoms with Crippen LogP contribution in [0.5, 0.6) is 0 Å². The van der Waals surface area contributed by atoms with Crippen LogP contribution >= 0.6 is 0 Å². The van der Waals surface area contributed by atoms with Gasteiger partial charge in [-0.3, -0.25) is 0 Å². The molecule has 108 valence electrons. The number of alkyl halides is 2. The Hall–Kier alpha value is -1.00. The van der Waals surface area contributed by atoms with Crippen LogP contribution in [-0.4, -0.2) is 38.6 Å². The highest BCUT2D eigenvalue weighted by Crippen LogP contribution is 2.27. The Morgan fingerprint density at radius 1 is 1.05 bits per heavy atom. The molecule has 0 fully saturated rings. The van der Waals surface area contributed by atoms with E-state index in [0.717, 1.165) is 6.54 Å². The zero-order chi connectivity index (χ0) is 14.5. The van der Waals surface area contributed by atoms with Gasteiger partial charge >= 0.3 is 0 Å². The summed E-state index contributed by atoms with van der Waals surface area (Å²) in [5.74, 6) is -2.82. The van der Waals surface area contributed by atoms with E-state index in [0.29, 0.717) is 6.54 Å². The van der Waals surface area contributed by atoms with Gasteiger partial charge < -0.3 is 10.2 Å². The summed E-state index contributed by atoms with van der Waals surface area (Å²) in [6.45, 7) is 5.24. The third-order valence-corrected chi connectivity index (χ3v) is 2.89. The van der Waals surface area contributed by atoms with Crippen molar-refractivity contribution in [3.63, 3.8) is 0 Å². The van der Waals surface area contributed by atoms with E-state index in [1.807, 2.05) is 14.1 Å². The van der Waals surface area contributed by atoms with Gasteiger partial charge in [0.25, 0.3) is 5.92 Å². The van der Waals surface area contributed by atoms with Gasteiger partial charge in [0, 0.05) is 18.7 Å². The molecular weight excluding hydrogens is 246 g/mol. The fourth-order valence-electron chi connectivity index (χ4n) is 2.25. The number of nitrogens with one attached hydrogen (secondary N) is 1. The molecule has 0 unspecified atom stereocenters. The van der Waals surface area contributed by atoms with Crippen molar-refractivity contribution in [3.8, 4) is 0 Å². The molecule has 1 aromatic carbocycles. The summed E-state index contributed by atoms with van der Waals surface area (Å²) in [6, 6.07) is 7.95. The molecule has 2 nitrogen and oxygen atoms in total. The smallest absolute Gasteiger partial charge is 0.285 e. The molecular formula is C15H24F2N2. The highest BCUT2D eigenvalue weighted by atomic mass is 19.3. The zero-order valence-electron chi connectivity index (χ0n) is 12.2. The molecule has 0 atom stereocenters. The largest absolute Gasteiger partial charge is 0.310 e. The van der Waals surface area contributed by atoms with Crippen molar-refractivity contribution in [2.45, 2.75) is 19.8 Å². The monoisotopic (exact) mass is 270 g/mol. The highest BCUT2D eigenvalue weighted by Gasteiger charge is 2.31. The molecule has 19 heavy (non-hydrogen) atoms. The molecule has 1 aromatic rings. The lowest BCUT2D eigenvalue weighted by Gasteiger charge is -2.29. The average molecular weight is 270 g/mol. The van der Waals surface area contributed by atoms with Crippen LogP contribution in [0.4, 0.5) is 8.78 Å². The molecule has 0 aliphatic heterocycles. The first-order valence-corrected chi connectivity index (χ1v) is 6.52. The van der Waals surface area contributed by atoms with Crippen LogP contribution in [0.1, 0.15) is 19.4 Å². The third-order valence-electron chi connectivity index (χ3n) is 2.89. The molecule has 0 aromatic heterocycles. The normalized spacial score (nSPS) is 13.0. The molecule has 1 rings (SSSR count). The van der Waals surface area contributed by atoms with Crippen LogP contribution in [0.25, 0.3) is 0 Å². The topological polar surface area (TPSA) is 15.3 Å². The van der Waals surface area contributed by atoms with Gasteiger partial charge in [0.15, 0.2) is 0 Å². The molecule has 0 heterocycles. The summed E-state index contributed by atoms with van der Waals surface area (Å²) >= 11 is 0. The van der Waals surface area contributed by atoms with Gasteiger partial charge in [0.1, 0.15) is 0 Å². The Labute approximate surface area is 114 Å². The molecule has 0 saturated carbocycles. The van der Waals surface area contributed by atoms with E-state index < -0.39 is 5.92 Å². The second kappa shape index (κ2) is 6.44. The molecule has 0 amide bonds. The maximum absolute atomic E-state index is 13.9. The summed E-state index contributed by atoms with van der Waals surface area (Å²) in [7, 11) is 3.97. The minimum Gasteiger partial charge on any atom is -0.310 e. The number of hydrogen-bond donors (Lipinski definition) is 1. The lowest BCUT2D eigenvalue weighted by atomic mass is 9.93. The molecule has 0 aliphatic carbocycles. The lowest BCUT2D eigenvalue weighted by molar-refractivity contribution is -0.00531. The van der Waals surface area contributed by atoms with Crippen LogP contribution in [0.2, 0.25) is 0 Å². The molecule has 0 bridgehead atoms. The van der Waals surface area contributed by atoms with E-state index >= 15 is 0 Å². The van der Waals surface area contributed by atoms with E-state index in [2.05, 4.69) is 24.1 Å². The maximum atomic E-state index is 13.9. The quantitative estimate of drug-likeness (QED) is 0.819. The molecule has 0 aliphatic rings. The van der Waals surface area contributed by atoms with Crippen LogP contribution in [0.3, 0.4) is 0 Å². The predicted molar refractivity (Wildman–Crippen MR) is 75.5 cm³/mol. The van der Waals surface area contributed by atoms with E-state index in [-0.39, 0.29) is 17.5 Å². The summed E-state index contributed by atoms with van der Waals surface area (Å²) < 4.78 is 27.8.